The lowest BCUT2D eigenvalue weighted by Gasteiger charge is -2.28. The van der Waals surface area contributed by atoms with Crippen molar-refractivity contribution in [2.24, 2.45) is 5.73 Å². The molecule has 5 heteroatoms. The predicted molar refractivity (Wildman–Crippen MR) is 75.8 cm³/mol. The van der Waals surface area contributed by atoms with E-state index in [-0.39, 0.29) is 0 Å². The third-order valence-corrected chi connectivity index (χ3v) is 3.73. The molecule has 2 N–H and O–H groups in total. The molecule has 0 aliphatic heterocycles. The molecular formula is C14H18F2N2S. The summed E-state index contributed by atoms with van der Waals surface area (Å²) in [7, 11) is 0. The summed E-state index contributed by atoms with van der Waals surface area (Å²) in [4.78, 5) is 2.46. The quantitative estimate of drug-likeness (QED) is 0.843. The van der Waals surface area contributed by atoms with E-state index >= 15 is 0 Å². The molecular weight excluding hydrogens is 266 g/mol. The molecule has 0 spiro atoms. The van der Waals surface area contributed by atoms with E-state index in [1.165, 1.54) is 18.9 Å². The van der Waals surface area contributed by atoms with Gasteiger partial charge in [0.15, 0.2) is 11.6 Å². The molecule has 2 rings (SSSR count). The van der Waals surface area contributed by atoms with Gasteiger partial charge in [-0.15, -0.1) is 0 Å². The predicted octanol–water partition coefficient (Wildman–Crippen LogP) is 3.00. The first-order chi connectivity index (χ1) is 9.08. The second kappa shape index (κ2) is 6.39. The normalized spacial score (nSPS) is 16.2. The lowest BCUT2D eigenvalue weighted by Crippen LogP contribution is -2.39. The van der Waals surface area contributed by atoms with Crippen LogP contribution in [0.15, 0.2) is 18.2 Å². The van der Waals surface area contributed by atoms with Crippen LogP contribution in [-0.2, 0) is 6.54 Å². The fraction of sp³-hybridized carbons (Fsp3) is 0.500. The van der Waals surface area contributed by atoms with Crippen LogP contribution in [0.5, 0.6) is 0 Å². The van der Waals surface area contributed by atoms with Crippen molar-refractivity contribution < 1.29 is 8.78 Å². The number of hydrogen-bond donors (Lipinski definition) is 1. The maximum Gasteiger partial charge on any atom is 0.163 e. The maximum atomic E-state index is 13.7. The Morgan fingerprint density at radius 2 is 2.00 bits per heavy atom. The average Bonchev–Trinajstić information content (AvgIpc) is 2.87. The highest BCUT2D eigenvalue weighted by Crippen LogP contribution is 2.25. The zero-order valence-electron chi connectivity index (χ0n) is 10.7. The maximum absolute atomic E-state index is 13.7. The van der Waals surface area contributed by atoms with Gasteiger partial charge in [0.25, 0.3) is 0 Å². The molecule has 104 valence electrons. The fourth-order valence-electron chi connectivity index (χ4n) is 2.67. The average molecular weight is 284 g/mol. The number of thiocarbonyl (C=S) groups is 1. The SMILES string of the molecule is NC(=S)CN(Cc1cccc(F)c1F)C1CCCC1. The molecule has 0 bridgehead atoms. The van der Waals surface area contributed by atoms with Crippen LogP contribution in [0.2, 0.25) is 0 Å². The van der Waals surface area contributed by atoms with Gasteiger partial charge in [0, 0.05) is 24.7 Å². The Bertz CT molecular complexity index is 459. The minimum atomic E-state index is -0.806. The molecule has 0 atom stereocenters. The second-order valence-corrected chi connectivity index (χ2v) is 5.55. The Morgan fingerprint density at radius 3 is 2.63 bits per heavy atom. The topological polar surface area (TPSA) is 29.3 Å². The van der Waals surface area contributed by atoms with Gasteiger partial charge in [-0.05, 0) is 18.9 Å². The van der Waals surface area contributed by atoms with Crippen molar-refractivity contribution >= 4 is 17.2 Å². The number of halogens is 2. The Balaban J connectivity index is 2.14. The molecule has 1 aliphatic carbocycles. The van der Waals surface area contributed by atoms with E-state index in [0.717, 1.165) is 18.9 Å². The lowest BCUT2D eigenvalue weighted by atomic mass is 10.1. The van der Waals surface area contributed by atoms with Crippen LogP contribution in [0.4, 0.5) is 8.78 Å². The van der Waals surface area contributed by atoms with Gasteiger partial charge in [0.2, 0.25) is 0 Å². The Kier molecular flexibility index (Phi) is 4.82. The van der Waals surface area contributed by atoms with Gasteiger partial charge < -0.3 is 5.73 Å². The molecule has 0 aromatic heterocycles. The van der Waals surface area contributed by atoms with E-state index in [9.17, 15) is 8.78 Å². The first-order valence-electron chi connectivity index (χ1n) is 6.53. The van der Waals surface area contributed by atoms with Crippen molar-refractivity contribution in [3.8, 4) is 0 Å². The standard InChI is InChI=1S/C14H18F2N2S/c15-12-7-3-4-10(14(12)16)8-18(9-13(17)19)11-5-1-2-6-11/h3-4,7,11H,1-2,5-6,8-9H2,(H2,17,19). The summed E-state index contributed by atoms with van der Waals surface area (Å²) in [5.41, 5.74) is 5.97. The minimum absolute atomic E-state index is 0.353. The molecule has 1 aliphatic rings. The van der Waals surface area contributed by atoms with Crippen LogP contribution in [0.1, 0.15) is 31.2 Å². The van der Waals surface area contributed by atoms with Crippen LogP contribution in [-0.4, -0.2) is 22.5 Å². The van der Waals surface area contributed by atoms with E-state index in [2.05, 4.69) is 4.90 Å². The van der Waals surface area contributed by atoms with Crippen molar-refractivity contribution in [3.63, 3.8) is 0 Å². The molecule has 1 saturated carbocycles. The molecule has 0 amide bonds. The number of nitrogens with two attached hydrogens (primary N) is 1. The molecule has 1 fully saturated rings. The molecule has 2 nitrogen and oxygen atoms in total. The number of nitrogens with zero attached hydrogens (tertiary/aromatic N) is 1. The van der Waals surface area contributed by atoms with E-state index in [1.54, 1.807) is 6.07 Å². The van der Waals surface area contributed by atoms with Crippen molar-refractivity contribution in [1.29, 1.82) is 0 Å². The fourth-order valence-corrected chi connectivity index (χ4v) is 2.84. The Hall–Kier alpha value is -1.07. The van der Waals surface area contributed by atoms with E-state index in [0.29, 0.717) is 29.7 Å². The van der Waals surface area contributed by atoms with E-state index in [1.807, 2.05) is 0 Å². The van der Waals surface area contributed by atoms with Crippen LogP contribution in [0.25, 0.3) is 0 Å². The molecule has 0 unspecified atom stereocenters. The molecule has 1 aromatic rings. The first kappa shape index (κ1) is 14.3. The van der Waals surface area contributed by atoms with Crippen LogP contribution >= 0.6 is 12.2 Å². The molecule has 0 saturated heterocycles. The van der Waals surface area contributed by atoms with Gasteiger partial charge in [-0.1, -0.05) is 37.2 Å². The van der Waals surface area contributed by atoms with Crippen LogP contribution in [0, 0.1) is 11.6 Å². The Labute approximate surface area is 117 Å². The van der Waals surface area contributed by atoms with Gasteiger partial charge in [-0.25, -0.2) is 8.78 Å². The third-order valence-electron chi connectivity index (χ3n) is 3.61. The summed E-state index contributed by atoms with van der Waals surface area (Å²) in [5, 5.41) is 0. The van der Waals surface area contributed by atoms with Crippen molar-refractivity contribution in [1.82, 2.24) is 4.90 Å². The van der Waals surface area contributed by atoms with Crippen LogP contribution < -0.4 is 5.73 Å². The van der Waals surface area contributed by atoms with Gasteiger partial charge in [0.1, 0.15) is 0 Å². The molecule has 0 heterocycles. The zero-order chi connectivity index (χ0) is 13.8. The van der Waals surface area contributed by atoms with E-state index in [4.69, 9.17) is 18.0 Å². The lowest BCUT2D eigenvalue weighted by molar-refractivity contribution is 0.215. The van der Waals surface area contributed by atoms with Gasteiger partial charge in [-0.3, -0.25) is 4.90 Å². The number of benzene rings is 1. The van der Waals surface area contributed by atoms with Crippen LogP contribution in [0.3, 0.4) is 0 Å². The molecule has 19 heavy (non-hydrogen) atoms. The monoisotopic (exact) mass is 284 g/mol. The summed E-state index contributed by atoms with van der Waals surface area (Å²) in [6.45, 7) is 0.807. The van der Waals surface area contributed by atoms with Crippen molar-refractivity contribution in [3.05, 3.63) is 35.4 Å². The summed E-state index contributed by atoms with van der Waals surface area (Å²) in [6.07, 6.45) is 4.48. The summed E-state index contributed by atoms with van der Waals surface area (Å²) >= 11 is 4.95. The molecule has 0 radical (unpaired) electrons. The Morgan fingerprint density at radius 1 is 1.32 bits per heavy atom. The largest absolute Gasteiger partial charge is 0.392 e. The third kappa shape index (κ3) is 3.70. The van der Waals surface area contributed by atoms with Gasteiger partial charge in [0.05, 0.1) is 4.99 Å². The summed E-state index contributed by atoms with van der Waals surface area (Å²) in [5.74, 6) is -1.58. The minimum Gasteiger partial charge on any atom is -0.392 e. The van der Waals surface area contributed by atoms with Gasteiger partial charge >= 0.3 is 0 Å². The molecule has 1 aromatic carbocycles. The van der Waals surface area contributed by atoms with Gasteiger partial charge in [-0.2, -0.15) is 0 Å². The van der Waals surface area contributed by atoms with Crippen molar-refractivity contribution in [2.75, 3.05) is 6.54 Å². The number of rotatable bonds is 5. The zero-order valence-corrected chi connectivity index (χ0v) is 11.6. The summed E-state index contributed by atoms with van der Waals surface area (Å²) < 4.78 is 26.9. The smallest absolute Gasteiger partial charge is 0.163 e. The highest BCUT2D eigenvalue weighted by Gasteiger charge is 2.24. The summed E-state index contributed by atoms with van der Waals surface area (Å²) in [6, 6.07) is 4.64. The highest BCUT2D eigenvalue weighted by atomic mass is 32.1. The van der Waals surface area contributed by atoms with Crippen molar-refractivity contribution in [2.45, 2.75) is 38.3 Å². The number of hydrogen-bond acceptors (Lipinski definition) is 2. The highest BCUT2D eigenvalue weighted by molar-refractivity contribution is 7.80. The first-order valence-corrected chi connectivity index (χ1v) is 6.94. The van der Waals surface area contributed by atoms with E-state index < -0.39 is 11.6 Å². The second-order valence-electron chi connectivity index (χ2n) is 5.02.